The van der Waals surface area contributed by atoms with Gasteiger partial charge in [-0.3, -0.25) is 4.79 Å². The molecule has 1 fully saturated rings. The van der Waals surface area contributed by atoms with Crippen LogP contribution in [0.4, 0.5) is 4.79 Å². The second-order valence-corrected chi connectivity index (χ2v) is 3.60. The smallest absolute Gasteiger partial charge is 0.317 e. The Morgan fingerprint density at radius 2 is 2.43 bits per heavy atom. The number of carboxylic acid groups (broad SMARTS) is 1. The number of carbonyl (C=O) groups excluding carboxylic acids is 1. The Balaban J connectivity index is 2.15. The molecule has 0 aromatic heterocycles. The van der Waals surface area contributed by atoms with Crippen LogP contribution in [0.3, 0.4) is 0 Å². The summed E-state index contributed by atoms with van der Waals surface area (Å²) < 4.78 is 0. The highest BCUT2D eigenvalue weighted by Gasteiger charge is 2.19. The van der Waals surface area contributed by atoms with Crippen LogP contribution in [0.5, 0.6) is 0 Å². The number of carboxylic acids is 1. The number of urea groups is 1. The monoisotopic (exact) mass is 200 g/mol. The van der Waals surface area contributed by atoms with E-state index in [1.807, 2.05) is 0 Å². The van der Waals surface area contributed by atoms with Crippen LogP contribution in [0.2, 0.25) is 0 Å². The van der Waals surface area contributed by atoms with Gasteiger partial charge in [0.15, 0.2) is 0 Å². The molecular formula is C9H16N2O3. The van der Waals surface area contributed by atoms with Gasteiger partial charge in [0.1, 0.15) is 0 Å². The molecule has 1 aliphatic heterocycles. The first-order valence-electron chi connectivity index (χ1n) is 4.87. The first kappa shape index (κ1) is 10.8. The molecule has 0 aliphatic carbocycles. The highest BCUT2D eigenvalue weighted by Crippen LogP contribution is 2.07. The van der Waals surface area contributed by atoms with Gasteiger partial charge in [0, 0.05) is 19.6 Å². The lowest BCUT2D eigenvalue weighted by Gasteiger charge is -2.14. The fourth-order valence-electron chi connectivity index (χ4n) is 1.44. The van der Waals surface area contributed by atoms with Crippen molar-refractivity contribution in [2.75, 3.05) is 19.6 Å². The molecule has 1 unspecified atom stereocenters. The van der Waals surface area contributed by atoms with Crippen molar-refractivity contribution in [3.8, 4) is 0 Å². The number of rotatable bonds is 5. The maximum Gasteiger partial charge on any atom is 0.317 e. The Hall–Kier alpha value is -1.26. The maximum atomic E-state index is 11.1. The molecule has 5 heteroatoms. The number of nitrogens with one attached hydrogen (secondary N) is 1. The number of nitrogens with zero attached hydrogens (tertiary/aromatic N) is 1. The zero-order valence-corrected chi connectivity index (χ0v) is 8.32. The zero-order valence-electron chi connectivity index (χ0n) is 8.32. The van der Waals surface area contributed by atoms with Crippen LogP contribution in [0.15, 0.2) is 0 Å². The molecule has 2 N–H and O–H groups in total. The van der Waals surface area contributed by atoms with Gasteiger partial charge < -0.3 is 15.3 Å². The van der Waals surface area contributed by atoms with Crippen LogP contribution >= 0.6 is 0 Å². The fourth-order valence-corrected chi connectivity index (χ4v) is 1.44. The second kappa shape index (κ2) is 4.83. The number of carbonyl (C=O) groups is 2. The van der Waals surface area contributed by atoms with Gasteiger partial charge >= 0.3 is 12.0 Å². The van der Waals surface area contributed by atoms with Crippen LogP contribution in [-0.2, 0) is 4.79 Å². The first-order valence-corrected chi connectivity index (χ1v) is 4.87. The quantitative estimate of drug-likeness (QED) is 0.679. The van der Waals surface area contributed by atoms with Gasteiger partial charge in [-0.05, 0) is 12.8 Å². The van der Waals surface area contributed by atoms with Gasteiger partial charge in [-0.15, -0.1) is 0 Å². The van der Waals surface area contributed by atoms with Crippen molar-refractivity contribution < 1.29 is 14.7 Å². The van der Waals surface area contributed by atoms with E-state index in [1.165, 1.54) is 0 Å². The van der Waals surface area contributed by atoms with Crippen molar-refractivity contribution >= 4 is 12.0 Å². The minimum atomic E-state index is -0.768. The van der Waals surface area contributed by atoms with E-state index >= 15 is 0 Å². The number of aliphatic carboxylic acids is 1. The van der Waals surface area contributed by atoms with Gasteiger partial charge in [0.2, 0.25) is 0 Å². The maximum absolute atomic E-state index is 11.1. The number of hydrogen-bond acceptors (Lipinski definition) is 2. The van der Waals surface area contributed by atoms with Crippen molar-refractivity contribution in [3.63, 3.8) is 0 Å². The Kier molecular flexibility index (Phi) is 3.73. The predicted molar refractivity (Wildman–Crippen MR) is 51.0 cm³/mol. The third-order valence-electron chi connectivity index (χ3n) is 2.43. The van der Waals surface area contributed by atoms with E-state index in [0.717, 1.165) is 13.0 Å². The summed E-state index contributed by atoms with van der Waals surface area (Å²) in [4.78, 5) is 23.3. The molecule has 0 radical (unpaired) electrons. The van der Waals surface area contributed by atoms with Gasteiger partial charge in [0.05, 0.1) is 5.92 Å². The van der Waals surface area contributed by atoms with E-state index in [0.29, 0.717) is 19.5 Å². The minimum absolute atomic E-state index is 0.0343. The summed E-state index contributed by atoms with van der Waals surface area (Å²) >= 11 is 0. The summed E-state index contributed by atoms with van der Waals surface area (Å²) in [6, 6.07) is -0.0343. The molecule has 80 valence electrons. The van der Waals surface area contributed by atoms with Crippen molar-refractivity contribution in [1.29, 1.82) is 0 Å². The van der Waals surface area contributed by atoms with Crippen LogP contribution < -0.4 is 5.32 Å². The molecule has 0 spiro atoms. The zero-order chi connectivity index (χ0) is 10.6. The van der Waals surface area contributed by atoms with E-state index in [9.17, 15) is 9.59 Å². The highest BCUT2D eigenvalue weighted by molar-refractivity contribution is 5.76. The molecule has 1 saturated heterocycles. The lowest BCUT2D eigenvalue weighted by atomic mass is 10.1. The van der Waals surface area contributed by atoms with Gasteiger partial charge in [0.25, 0.3) is 0 Å². The molecule has 0 aromatic carbocycles. The lowest BCUT2D eigenvalue weighted by molar-refractivity contribution is -0.141. The van der Waals surface area contributed by atoms with Crippen LogP contribution in [0, 0.1) is 5.92 Å². The van der Waals surface area contributed by atoms with E-state index in [-0.39, 0.29) is 11.9 Å². The van der Waals surface area contributed by atoms with Crippen molar-refractivity contribution in [2.45, 2.75) is 19.8 Å². The minimum Gasteiger partial charge on any atom is -0.481 e. The Morgan fingerprint density at radius 1 is 1.71 bits per heavy atom. The highest BCUT2D eigenvalue weighted by atomic mass is 16.4. The molecular weight excluding hydrogens is 184 g/mol. The van der Waals surface area contributed by atoms with E-state index in [1.54, 1.807) is 11.8 Å². The van der Waals surface area contributed by atoms with Crippen molar-refractivity contribution in [3.05, 3.63) is 0 Å². The van der Waals surface area contributed by atoms with E-state index < -0.39 is 5.97 Å². The standard InChI is InChI=1S/C9H16N2O3/c1-7(8(12)13)3-2-5-11-6-4-10-9(11)14/h7H,2-6H2,1H3,(H,10,14)(H,12,13). The summed E-state index contributed by atoms with van der Waals surface area (Å²) in [6.07, 6.45) is 1.38. The molecule has 1 aliphatic rings. The Labute approximate surface area is 83.1 Å². The molecule has 1 rings (SSSR count). The summed E-state index contributed by atoms with van der Waals surface area (Å²) in [5.41, 5.74) is 0. The molecule has 5 nitrogen and oxygen atoms in total. The van der Waals surface area contributed by atoms with Gasteiger partial charge in [-0.2, -0.15) is 0 Å². The molecule has 0 aromatic rings. The van der Waals surface area contributed by atoms with Crippen molar-refractivity contribution in [1.82, 2.24) is 10.2 Å². The van der Waals surface area contributed by atoms with Crippen molar-refractivity contribution in [2.24, 2.45) is 5.92 Å². The molecule has 0 bridgehead atoms. The number of amides is 2. The predicted octanol–water partition coefficient (Wildman–Crippen LogP) is 0.513. The normalized spacial score (nSPS) is 18.1. The Bertz CT molecular complexity index is 230. The summed E-state index contributed by atoms with van der Waals surface area (Å²) in [6.45, 7) is 3.78. The molecule has 14 heavy (non-hydrogen) atoms. The van der Waals surface area contributed by atoms with Gasteiger partial charge in [-0.25, -0.2) is 4.79 Å². The molecule has 0 saturated carbocycles. The molecule has 1 atom stereocenters. The fraction of sp³-hybridized carbons (Fsp3) is 0.778. The first-order chi connectivity index (χ1) is 6.61. The largest absolute Gasteiger partial charge is 0.481 e. The molecule has 1 heterocycles. The summed E-state index contributed by atoms with van der Waals surface area (Å²) in [5.74, 6) is -1.09. The summed E-state index contributed by atoms with van der Waals surface area (Å²) in [7, 11) is 0. The molecule has 2 amide bonds. The topological polar surface area (TPSA) is 69.6 Å². The number of hydrogen-bond donors (Lipinski definition) is 2. The van der Waals surface area contributed by atoms with Crippen LogP contribution in [0.1, 0.15) is 19.8 Å². The van der Waals surface area contributed by atoms with Crippen LogP contribution in [0.25, 0.3) is 0 Å². The average Bonchev–Trinajstić information content (AvgIpc) is 2.51. The third kappa shape index (κ3) is 2.90. The van der Waals surface area contributed by atoms with E-state index in [2.05, 4.69) is 5.32 Å². The average molecular weight is 200 g/mol. The summed E-state index contributed by atoms with van der Waals surface area (Å²) in [5, 5.41) is 11.3. The second-order valence-electron chi connectivity index (χ2n) is 3.60. The Morgan fingerprint density at radius 3 is 2.93 bits per heavy atom. The third-order valence-corrected chi connectivity index (χ3v) is 2.43. The SMILES string of the molecule is CC(CCCN1CCNC1=O)C(=O)O. The lowest BCUT2D eigenvalue weighted by Crippen LogP contribution is -2.29. The van der Waals surface area contributed by atoms with Crippen LogP contribution in [-0.4, -0.2) is 41.6 Å². The van der Waals surface area contributed by atoms with E-state index in [4.69, 9.17) is 5.11 Å². The van der Waals surface area contributed by atoms with Gasteiger partial charge in [-0.1, -0.05) is 6.92 Å².